The number of hydrogen-bond acceptors (Lipinski definition) is 2. The van der Waals surface area contributed by atoms with Gasteiger partial charge in [-0.3, -0.25) is 0 Å². The van der Waals surface area contributed by atoms with Gasteiger partial charge in [0.1, 0.15) is 0 Å². The van der Waals surface area contributed by atoms with Gasteiger partial charge in [-0.1, -0.05) is 6.07 Å². The van der Waals surface area contributed by atoms with Crippen molar-refractivity contribution in [1.82, 2.24) is 0 Å². The first-order chi connectivity index (χ1) is 4.33. The molecule has 0 saturated carbocycles. The lowest BCUT2D eigenvalue weighted by atomic mass is 10.2. The summed E-state index contributed by atoms with van der Waals surface area (Å²) in [5, 5.41) is 8.36. The first-order valence-electron chi connectivity index (χ1n) is 2.58. The predicted molar refractivity (Wildman–Crippen MR) is 39.2 cm³/mol. The lowest BCUT2D eigenvalue weighted by Gasteiger charge is -1.89. The second kappa shape index (κ2) is 3.49. The molecule has 0 aliphatic heterocycles. The Labute approximate surface area is 59.0 Å². The van der Waals surface area contributed by atoms with Gasteiger partial charge in [-0.25, -0.2) is 0 Å². The lowest BCUT2D eigenvalue weighted by molar-refractivity contribution is 0.824. The number of rotatable bonds is 0. The van der Waals surface area contributed by atoms with Gasteiger partial charge in [-0.05, 0) is 18.2 Å². The summed E-state index contributed by atoms with van der Waals surface area (Å²) in [5.74, 6) is 0. The number of anilines is 1. The Bertz CT molecular complexity index is 252. The number of hydrogen-bond donors (Lipinski definition) is 1. The zero-order chi connectivity index (χ0) is 6.69. The lowest BCUT2D eigenvalue weighted by Crippen LogP contribution is -1.83. The third-order valence-electron chi connectivity index (χ3n) is 1.02. The molecule has 0 radical (unpaired) electrons. The molecule has 0 spiro atoms. The van der Waals surface area contributed by atoms with Crippen LogP contribution in [0.4, 0.5) is 5.69 Å². The van der Waals surface area contributed by atoms with E-state index in [0.717, 1.165) is 0 Å². The summed E-state index contributed by atoms with van der Waals surface area (Å²) in [7, 11) is 0. The zero-order valence-electron chi connectivity index (χ0n) is 5.33. The van der Waals surface area contributed by atoms with Crippen LogP contribution in [-0.2, 0) is 0 Å². The fraction of sp³-hybridized carbons (Fsp3) is 0. The fourth-order valence-electron chi connectivity index (χ4n) is 0.608. The highest BCUT2D eigenvalue weighted by molar-refractivity contribution is 5.44. The summed E-state index contributed by atoms with van der Waals surface area (Å²) >= 11 is 0. The number of benzene rings is 1. The van der Waals surface area contributed by atoms with Crippen molar-refractivity contribution in [3.8, 4) is 6.07 Å². The average molecular weight is 136 g/mol. The van der Waals surface area contributed by atoms with E-state index in [4.69, 9.17) is 11.0 Å². The monoisotopic (exact) mass is 136 g/mol. The number of nitrogens with zero attached hydrogens (tertiary/aromatic N) is 1. The van der Waals surface area contributed by atoms with Crippen molar-refractivity contribution >= 4 is 5.69 Å². The zero-order valence-corrected chi connectivity index (χ0v) is 5.33. The van der Waals surface area contributed by atoms with Gasteiger partial charge < -0.3 is 11.2 Å². The third-order valence-corrected chi connectivity index (χ3v) is 1.02. The molecular weight excluding hydrogens is 128 g/mol. The Kier molecular flexibility index (Phi) is 2.95. The second-order valence-corrected chi connectivity index (χ2v) is 1.74. The van der Waals surface area contributed by atoms with Crippen LogP contribution < -0.4 is 5.73 Å². The SMILES string of the molecule is N#Cc1cccc(N)c1.O. The van der Waals surface area contributed by atoms with Crippen LogP contribution in [-0.4, -0.2) is 5.48 Å². The van der Waals surface area contributed by atoms with Crippen LogP contribution in [0.5, 0.6) is 0 Å². The van der Waals surface area contributed by atoms with Crippen molar-refractivity contribution in [1.29, 1.82) is 5.26 Å². The third kappa shape index (κ3) is 1.77. The van der Waals surface area contributed by atoms with Crippen molar-refractivity contribution in [3.63, 3.8) is 0 Å². The summed E-state index contributed by atoms with van der Waals surface area (Å²) in [6, 6.07) is 8.85. The minimum Gasteiger partial charge on any atom is -0.412 e. The minimum atomic E-state index is 0. The Hall–Kier alpha value is -1.53. The molecule has 0 atom stereocenters. The van der Waals surface area contributed by atoms with Crippen LogP contribution in [0.1, 0.15) is 5.56 Å². The second-order valence-electron chi connectivity index (χ2n) is 1.74. The summed E-state index contributed by atoms with van der Waals surface area (Å²) in [5.41, 5.74) is 6.62. The molecule has 10 heavy (non-hydrogen) atoms. The van der Waals surface area contributed by atoms with E-state index in [2.05, 4.69) is 0 Å². The number of nitriles is 1. The van der Waals surface area contributed by atoms with Crippen LogP contribution in [0.2, 0.25) is 0 Å². The molecule has 0 aromatic heterocycles. The molecule has 0 aliphatic rings. The Morgan fingerprint density at radius 3 is 2.50 bits per heavy atom. The highest BCUT2D eigenvalue weighted by Crippen LogP contribution is 2.03. The van der Waals surface area contributed by atoms with E-state index in [-0.39, 0.29) is 5.48 Å². The number of nitrogens with two attached hydrogens (primary N) is 1. The molecule has 4 N–H and O–H groups in total. The van der Waals surface area contributed by atoms with Crippen molar-refractivity contribution in [3.05, 3.63) is 29.8 Å². The summed E-state index contributed by atoms with van der Waals surface area (Å²) in [6.07, 6.45) is 0. The predicted octanol–water partition coefficient (Wildman–Crippen LogP) is 0.316. The molecule has 0 fully saturated rings. The first-order valence-corrected chi connectivity index (χ1v) is 2.58. The van der Waals surface area contributed by atoms with E-state index in [1.807, 2.05) is 6.07 Å². The molecule has 3 heteroatoms. The summed E-state index contributed by atoms with van der Waals surface area (Å²) in [6.45, 7) is 0. The smallest absolute Gasteiger partial charge is 0.0992 e. The maximum Gasteiger partial charge on any atom is 0.0992 e. The maximum absolute atomic E-state index is 8.36. The molecule has 3 nitrogen and oxygen atoms in total. The topological polar surface area (TPSA) is 81.3 Å². The Morgan fingerprint density at radius 2 is 2.10 bits per heavy atom. The van der Waals surface area contributed by atoms with Gasteiger partial charge in [-0.15, -0.1) is 0 Å². The molecule has 0 heterocycles. The molecule has 52 valence electrons. The van der Waals surface area contributed by atoms with Gasteiger partial charge in [0.05, 0.1) is 11.6 Å². The van der Waals surface area contributed by atoms with Gasteiger partial charge in [0, 0.05) is 5.69 Å². The van der Waals surface area contributed by atoms with Crippen LogP contribution in [0.25, 0.3) is 0 Å². The maximum atomic E-state index is 8.36. The average Bonchev–Trinajstić information content (AvgIpc) is 1.88. The van der Waals surface area contributed by atoms with Gasteiger partial charge >= 0.3 is 0 Å². The van der Waals surface area contributed by atoms with Crippen LogP contribution in [0, 0.1) is 11.3 Å². The van der Waals surface area contributed by atoms with E-state index in [9.17, 15) is 0 Å². The standard InChI is InChI=1S/C7H6N2.H2O/c8-5-6-2-1-3-7(9)4-6;/h1-4H,9H2;1H2. The van der Waals surface area contributed by atoms with Crippen LogP contribution >= 0.6 is 0 Å². The Morgan fingerprint density at radius 1 is 1.40 bits per heavy atom. The molecule has 1 aromatic carbocycles. The molecule has 0 bridgehead atoms. The van der Waals surface area contributed by atoms with Gasteiger partial charge in [-0.2, -0.15) is 5.26 Å². The van der Waals surface area contributed by atoms with Gasteiger partial charge in [0.25, 0.3) is 0 Å². The van der Waals surface area contributed by atoms with E-state index in [0.29, 0.717) is 11.3 Å². The minimum absolute atomic E-state index is 0. The van der Waals surface area contributed by atoms with Crippen molar-refractivity contribution in [2.24, 2.45) is 0 Å². The molecule has 1 rings (SSSR count). The molecule has 0 saturated heterocycles. The Balaban J connectivity index is 0.000000810. The van der Waals surface area contributed by atoms with Crippen molar-refractivity contribution in [2.75, 3.05) is 5.73 Å². The molecule has 0 unspecified atom stereocenters. The van der Waals surface area contributed by atoms with E-state index < -0.39 is 0 Å². The van der Waals surface area contributed by atoms with Gasteiger partial charge in [0.15, 0.2) is 0 Å². The van der Waals surface area contributed by atoms with E-state index in [1.54, 1.807) is 24.3 Å². The number of nitrogen functional groups attached to an aromatic ring is 1. The highest BCUT2D eigenvalue weighted by Gasteiger charge is 1.86. The summed E-state index contributed by atoms with van der Waals surface area (Å²) in [4.78, 5) is 0. The highest BCUT2D eigenvalue weighted by atomic mass is 16.0. The fourth-order valence-corrected chi connectivity index (χ4v) is 0.608. The normalized spacial score (nSPS) is 7.50. The van der Waals surface area contributed by atoms with Crippen LogP contribution in [0.15, 0.2) is 24.3 Å². The van der Waals surface area contributed by atoms with E-state index >= 15 is 0 Å². The first kappa shape index (κ1) is 8.47. The molecule has 0 aliphatic carbocycles. The molecule has 1 aromatic rings. The van der Waals surface area contributed by atoms with E-state index in [1.165, 1.54) is 0 Å². The molecular formula is C7H8N2O. The quantitative estimate of drug-likeness (QED) is 0.521. The molecule has 0 amide bonds. The van der Waals surface area contributed by atoms with Crippen molar-refractivity contribution in [2.45, 2.75) is 0 Å². The largest absolute Gasteiger partial charge is 0.412 e. The van der Waals surface area contributed by atoms with Crippen LogP contribution in [0.3, 0.4) is 0 Å². The summed E-state index contributed by atoms with van der Waals surface area (Å²) < 4.78 is 0. The van der Waals surface area contributed by atoms with Crippen molar-refractivity contribution < 1.29 is 5.48 Å². The van der Waals surface area contributed by atoms with Gasteiger partial charge in [0.2, 0.25) is 0 Å².